The summed E-state index contributed by atoms with van der Waals surface area (Å²) in [6.07, 6.45) is 0. The van der Waals surface area contributed by atoms with E-state index in [0.29, 0.717) is 45.2 Å². The zero-order valence-corrected chi connectivity index (χ0v) is 17.0. The van der Waals surface area contributed by atoms with Gasteiger partial charge in [-0.3, -0.25) is 9.69 Å². The third-order valence-electron chi connectivity index (χ3n) is 5.11. The first-order valence-corrected chi connectivity index (χ1v) is 10.0. The molecule has 0 saturated carbocycles. The number of carbonyl (C=O) groups is 1. The molecule has 2 aromatic carbocycles. The average molecular weight is 428 g/mol. The number of piperazine rings is 1. The van der Waals surface area contributed by atoms with Crippen LogP contribution in [0.5, 0.6) is 5.75 Å². The summed E-state index contributed by atoms with van der Waals surface area (Å²) in [4.78, 5) is 16.3. The fraction of sp³-hybridized carbons (Fsp3) is 0.333. The first-order chi connectivity index (χ1) is 15.0. The van der Waals surface area contributed by atoms with Gasteiger partial charge in [-0.05, 0) is 53.7 Å². The largest absolute Gasteiger partial charge is 0.494 e. The van der Waals surface area contributed by atoms with Gasteiger partial charge in [0.25, 0.3) is 5.91 Å². The lowest BCUT2D eigenvalue weighted by Gasteiger charge is -2.34. The molecule has 0 bridgehead atoms. The summed E-state index contributed by atoms with van der Waals surface area (Å²) < 4.78 is 34.2. The van der Waals surface area contributed by atoms with Crippen molar-refractivity contribution in [3.63, 3.8) is 0 Å². The fourth-order valence-corrected chi connectivity index (χ4v) is 3.50. The van der Waals surface area contributed by atoms with E-state index in [1.54, 1.807) is 9.58 Å². The Bertz CT molecular complexity index is 1050. The topological polar surface area (TPSA) is 76.4 Å². The number of ether oxygens (including phenoxy) is 1. The minimum absolute atomic E-state index is 0.116. The van der Waals surface area contributed by atoms with Crippen LogP contribution in [0.25, 0.3) is 5.69 Å². The van der Waals surface area contributed by atoms with Crippen molar-refractivity contribution in [2.45, 2.75) is 13.5 Å². The molecule has 0 radical (unpaired) electrons. The number of rotatable bonds is 6. The van der Waals surface area contributed by atoms with Crippen molar-refractivity contribution in [2.24, 2.45) is 0 Å². The van der Waals surface area contributed by atoms with E-state index in [0.717, 1.165) is 23.6 Å². The zero-order valence-electron chi connectivity index (χ0n) is 17.0. The molecule has 162 valence electrons. The predicted octanol–water partition coefficient (Wildman–Crippen LogP) is 2.30. The molecular formula is C21H22F2N6O2. The number of amides is 1. The van der Waals surface area contributed by atoms with Crippen LogP contribution in [0.3, 0.4) is 0 Å². The highest BCUT2D eigenvalue weighted by Gasteiger charge is 2.25. The van der Waals surface area contributed by atoms with Gasteiger partial charge in [-0.1, -0.05) is 0 Å². The quantitative estimate of drug-likeness (QED) is 0.600. The maximum absolute atomic E-state index is 13.9. The first kappa shape index (κ1) is 20.9. The summed E-state index contributed by atoms with van der Waals surface area (Å²) in [5, 5.41) is 12.0. The summed E-state index contributed by atoms with van der Waals surface area (Å²) >= 11 is 0. The monoisotopic (exact) mass is 428 g/mol. The fourth-order valence-electron chi connectivity index (χ4n) is 3.50. The molecule has 0 unspecified atom stereocenters. The van der Waals surface area contributed by atoms with E-state index >= 15 is 0 Å². The van der Waals surface area contributed by atoms with Crippen molar-refractivity contribution in [1.82, 2.24) is 30.0 Å². The van der Waals surface area contributed by atoms with Gasteiger partial charge in [0, 0.05) is 32.2 Å². The van der Waals surface area contributed by atoms with Crippen LogP contribution in [0.15, 0.2) is 42.5 Å². The maximum atomic E-state index is 13.9. The molecule has 1 aromatic heterocycles. The first-order valence-electron chi connectivity index (χ1n) is 10.0. The predicted molar refractivity (Wildman–Crippen MR) is 108 cm³/mol. The van der Waals surface area contributed by atoms with Gasteiger partial charge in [0.15, 0.2) is 5.82 Å². The maximum Gasteiger partial charge on any atom is 0.256 e. The SMILES string of the molecule is CCOc1ccc(-n2nnnc2CN2CCN(C(=O)c3ccc(F)cc3F)CC2)cc1. The van der Waals surface area contributed by atoms with Crippen LogP contribution < -0.4 is 4.74 Å². The highest BCUT2D eigenvalue weighted by molar-refractivity contribution is 5.94. The van der Waals surface area contributed by atoms with Gasteiger partial charge in [0.05, 0.1) is 24.4 Å². The molecule has 31 heavy (non-hydrogen) atoms. The summed E-state index contributed by atoms with van der Waals surface area (Å²) in [5.41, 5.74) is 0.707. The number of aromatic nitrogens is 4. The Balaban J connectivity index is 1.37. The Morgan fingerprint density at radius 3 is 2.48 bits per heavy atom. The summed E-state index contributed by atoms with van der Waals surface area (Å²) in [7, 11) is 0. The molecule has 2 heterocycles. The second-order valence-electron chi connectivity index (χ2n) is 7.13. The lowest BCUT2D eigenvalue weighted by Crippen LogP contribution is -2.48. The van der Waals surface area contributed by atoms with Crippen molar-refractivity contribution in [1.29, 1.82) is 0 Å². The van der Waals surface area contributed by atoms with E-state index in [9.17, 15) is 13.6 Å². The Morgan fingerprint density at radius 2 is 1.81 bits per heavy atom. The van der Waals surface area contributed by atoms with E-state index in [2.05, 4.69) is 20.4 Å². The van der Waals surface area contributed by atoms with Crippen LogP contribution in [0.4, 0.5) is 8.78 Å². The van der Waals surface area contributed by atoms with E-state index in [1.807, 2.05) is 31.2 Å². The highest BCUT2D eigenvalue weighted by atomic mass is 19.1. The number of hydrogen-bond donors (Lipinski definition) is 0. The Kier molecular flexibility index (Phi) is 6.17. The number of halogens is 2. The molecule has 1 saturated heterocycles. The number of nitrogens with zero attached hydrogens (tertiary/aromatic N) is 6. The third-order valence-corrected chi connectivity index (χ3v) is 5.11. The normalized spacial score (nSPS) is 14.6. The van der Waals surface area contributed by atoms with Gasteiger partial charge in [0.1, 0.15) is 17.4 Å². The molecule has 4 rings (SSSR count). The van der Waals surface area contributed by atoms with Crippen LogP contribution in [0, 0.1) is 11.6 Å². The van der Waals surface area contributed by atoms with E-state index < -0.39 is 17.5 Å². The van der Waals surface area contributed by atoms with Gasteiger partial charge in [-0.15, -0.1) is 5.10 Å². The van der Waals surface area contributed by atoms with E-state index in [1.165, 1.54) is 6.07 Å². The highest BCUT2D eigenvalue weighted by Crippen LogP contribution is 2.17. The summed E-state index contributed by atoms with van der Waals surface area (Å²) in [6, 6.07) is 10.5. The molecule has 1 aliphatic heterocycles. The molecule has 1 amide bonds. The Labute approximate surface area is 178 Å². The lowest BCUT2D eigenvalue weighted by molar-refractivity contribution is 0.0620. The molecule has 0 N–H and O–H groups in total. The van der Waals surface area contributed by atoms with Crippen molar-refractivity contribution >= 4 is 5.91 Å². The average Bonchev–Trinajstić information content (AvgIpc) is 3.23. The van der Waals surface area contributed by atoms with E-state index in [-0.39, 0.29) is 5.56 Å². The second kappa shape index (κ2) is 9.17. The Hall–Kier alpha value is -3.40. The molecule has 8 nitrogen and oxygen atoms in total. The third kappa shape index (κ3) is 4.69. The van der Waals surface area contributed by atoms with Crippen LogP contribution in [-0.4, -0.2) is 68.7 Å². The number of hydrogen-bond acceptors (Lipinski definition) is 6. The van der Waals surface area contributed by atoms with Crippen LogP contribution in [-0.2, 0) is 6.54 Å². The number of tetrazole rings is 1. The molecule has 0 atom stereocenters. The van der Waals surface area contributed by atoms with Gasteiger partial charge in [-0.25, -0.2) is 8.78 Å². The molecule has 1 aliphatic rings. The molecule has 0 spiro atoms. The minimum Gasteiger partial charge on any atom is -0.494 e. The summed E-state index contributed by atoms with van der Waals surface area (Å²) in [6.45, 7) is 5.07. The van der Waals surface area contributed by atoms with Crippen LogP contribution >= 0.6 is 0 Å². The van der Waals surface area contributed by atoms with Gasteiger partial charge >= 0.3 is 0 Å². The van der Waals surface area contributed by atoms with Crippen LogP contribution in [0.1, 0.15) is 23.1 Å². The van der Waals surface area contributed by atoms with Gasteiger partial charge in [0.2, 0.25) is 0 Å². The smallest absolute Gasteiger partial charge is 0.256 e. The van der Waals surface area contributed by atoms with Crippen molar-refractivity contribution in [3.05, 3.63) is 65.5 Å². The summed E-state index contributed by atoms with van der Waals surface area (Å²) in [5.74, 6) is -0.532. The van der Waals surface area contributed by atoms with Crippen molar-refractivity contribution < 1.29 is 18.3 Å². The minimum atomic E-state index is -0.845. The molecule has 3 aromatic rings. The molecular weight excluding hydrogens is 406 g/mol. The second-order valence-corrected chi connectivity index (χ2v) is 7.13. The van der Waals surface area contributed by atoms with Crippen LogP contribution in [0.2, 0.25) is 0 Å². The standard InChI is InChI=1S/C21H22F2N6O2/c1-2-31-17-6-4-16(5-7-17)29-20(24-25-26-29)14-27-9-11-28(12-10-27)21(30)18-8-3-15(22)13-19(18)23/h3-8,13H,2,9-12,14H2,1H3. The molecule has 1 fully saturated rings. The van der Waals surface area contributed by atoms with Crippen molar-refractivity contribution in [3.8, 4) is 11.4 Å². The number of carbonyl (C=O) groups excluding carboxylic acids is 1. The molecule has 0 aliphatic carbocycles. The van der Waals surface area contributed by atoms with Crippen molar-refractivity contribution in [2.75, 3.05) is 32.8 Å². The zero-order chi connectivity index (χ0) is 21.8. The lowest BCUT2D eigenvalue weighted by atomic mass is 10.1. The van der Waals surface area contributed by atoms with Gasteiger partial charge < -0.3 is 9.64 Å². The van der Waals surface area contributed by atoms with E-state index in [4.69, 9.17) is 4.74 Å². The molecule has 10 heteroatoms. The Morgan fingerprint density at radius 1 is 1.06 bits per heavy atom. The van der Waals surface area contributed by atoms with Gasteiger partial charge in [-0.2, -0.15) is 4.68 Å². The number of benzene rings is 2.